The van der Waals surface area contributed by atoms with Gasteiger partial charge in [-0.05, 0) is 38.8 Å². The molecule has 1 rings (SSSR count). The number of carbonyl (C=O) groups is 2. The van der Waals surface area contributed by atoms with Gasteiger partial charge >= 0.3 is 0 Å². The minimum atomic E-state index is -0.0121. The fourth-order valence-electron chi connectivity index (χ4n) is 2.59. The summed E-state index contributed by atoms with van der Waals surface area (Å²) in [5.74, 6) is 0.118. The molecule has 2 amide bonds. The van der Waals surface area contributed by atoms with Crippen LogP contribution in [0.15, 0.2) is 0 Å². The van der Waals surface area contributed by atoms with E-state index in [4.69, 9.17) is 0 Å². The van der Waals surface area contributed by atoms with E-state index in [9.17, 15) is 9.59 Å². The number of rotatable bonds is 8. The molecule has 0 saturated carbocycles. The molecule has 124 valence electrons. The SMILES string of the molecule is CCCNC(=O)CCC(=O)N(CCC)C1CCNCC1.Cl. The first kappa shape index (κ1) is 20.2. The Labute approximate surface area is 134 Å². The number of hydrogen-bond acceptors (Lipinski definition) is 3. The fraction of sp³-hybridized carbons (Fsp3) is 0.867. The molecule has 21 heavy (non-hydrogen) atoms. The van der Waals surface area contributed by atoms with Crippen LogP contribution in [-0.4, -0.2) is 48.9 Å². The van der Waals surface area contributed by atoms with Crippen molar-refractivity contribution >= 4 is 24.2 Å². The van der Waals surface area contributed by atoms with E-state index in [0.29, 0.717) is 25.4 Å². The van der Waals surface area contributed by atoms with Gasteiger partial charge in [0, 0.05) is 32.0 Å². The molecule has 6 heteroatoms. The molecular formula is C15H30ClN3O2. The lowest BCUT2D eigenvalue weighted by atomic mass is 10.0. The molecule has 0 spiro atoms. The van der Waals surface area contributed by atoms with E-state index < -0.39 is 0 Å². The van der Waals surface area contributed by atoms with E-state index in [1.807, 2.05) is 11.8 Å². The van der Waals surface area contributed by atoms with E-state index >= 15 is 0 Å². The number of nitrogens with zero attached hydrogens (tertiary/aromatic N) is 1. The van der Waals surface area contributed by atoms with Crippen molar-refractivity contribution < 1.29 is 9.59 Å². The average Bonchev–Trinajstić information content (AvgIpc) is 2.49. The van der Waals surface area contributed by atoms with Crippen molar-refractivity contribution in [2.75, 3.05) is 26.2 Å². The summed E-state index contributed by atoms with van der Waals surface area (Å²) in [7, 11) is 0. The highest BCUT2D eigenvalue weighted by molar-refractivity contribution is 5.85. The van der Waals surface area contributed by atoms with Gasteiger partial charge in [0.05, 0.1) is 0 Å². The van der Waals surface area contributed by atoms with Gasteiger partial charge in [-0.15, -0.1) is 12.4 Å². The second-order valence-corrected chi connectivity index (χ2v) is 5.42. The Morgan fingerprint density at radius 1 is 1.14 bits per heavy atom. The summed E-state index contributed by atoms with van der Waals surface area (Å²) in [6, 6.07) is 0.349. The maximum Gasteiger partial charge on any atom is 0.223 e. The molecule has 0 bridgehead atoms. The third kappa shape index (κ3) is 7.67. The highest BCUT2D eigenvalue weighted by Crippen LogP contribution is 2.14. The molecule has 0 aromatic rings. The number of hydrogen-bond donors (Lipinski definition) is 2. The first-order chi connectivity index (χ1) is 9.69. The number of amides is 2. The topological polar surface area (TPSA) is 61.4 Å². The van der Waals surface area contributed by atoms with Crippen molar-refractivity contribution in [1.82, 2.24) is 15.5 Å². The summed E-state index contributed by atoms with van der Waals surface area (Å²) in [5.41, 5.74) is 0. The fourth-order valence-corrected chi connectivity index (χ4v) is 2.59. The largest absolute Gasteiger partial charge is 0.356 e. The van der Waals surface area contributed by atoms with Crippen LogP contribution < -0.4 is 10.6 Å². The smallest absolute Gasteiger partial charge is 0.223 e. The van der Waals surface area contributed by atoms with E-state index in [1.165, 1.54) is 0 Å². The Morgan fingerprint density at radius 2 is 1.81 bits per heavy atom. The zero-order valence-corrected chi connectivity index (χ0v) is 14.1. The lowest BCUT2D eigenvalue weighted by Crippen LogP contribution is -2.46. The minimum Gasteiger partial charge on any atom is -0.356 e. The lowest BCUT2D eigenvalue weighted by molar-refractivity contribution is -0.136. The molecule has 1 fully saturated rings. The second-order valence-electron chi connectivity index (χ2n) is 5.42. The predicted octanol–water partition coefficient (Wildman–Crippen LogP) is 1.71. The third-order valence-electron chi connectivity index (χ3n) is 3.67. The average molecular weight is 320 g/mol. The van der Waals surface area contributed by atoms with Gasteiger partial charge in [-0.3, -0.25) is 9.59 Å². The molecule has 0 atom stereocenters. The molecule has 0 aromatic carbocycles. The molecule has 1 aliphatic heterocycles. The lowest BCUT2D eigenvalue weighted by Gasteiger charge is -2.34. The molecular weight excluding hydrogens is 290 g/mol. The van der Waals surface area contributed by atoms with Crippen molar-refractivity contribution in [3.8, 4) is 0 Å². The van der Waals surface area contributed by atoms with Crippen LogP contribution in [0.3, 0.4) is 0 Å². The standard InChI is InChI=1S/C15H29N3O2.ClH/c1-3-9-17-14(19)5-6-15(20)18(12-4-2)13-7-10-16-11-8-13;/h13,16H,3-12H2,1-2H3,(H,17,19);1H. The molecule has 1 saturated heterocycles. The van der Waals surface area contributed by atoms with E-state index in [1.54, 1.807) is 0 Å². The van der Waals surface area contributed by atoms with Gasteiger partial charge in [-0.25, -0.2) is 0 Å². The van der Waals surface area contributed by atoms with Crippen molar-refractivity contribution in [2.24, 2.45) is 0 Å². The molecule has 5 nitrogen and oxygen atoms in total. The molecule has 1 heterocycles. The monoisotopic (exact) mass is 319 g/mol. The Balaban J connectivity index is 0.00000400. The summed E-state index contributed by atoms with van der Waals surface area (Å²) in [6.07, 6.45) is 4.58. The first-order valence-electron chi connectivity index (χ1n) is 7.95. The first-order valence-corrected chi connectivity index (χ1v) is 7.95. The number of halogens is 1. The Bertz CT molecular complexity index is 307. The van der Waals surface area contributed by atoms with Gasteiger partial charge in [-0.1, -0.05) is 13.8 Å². The van der Waals surface area contributed by atoms with Crippen LogP contribution in [0.5, 0.6) is 0 Å². The molecule has 2 N–H and O–H groups in total. The number of carbonyl (C=O) groups excluding carboxylic acids is 2. The van der Waals surface area contributed by atoms with Gasteiger partial charge in [0.2, 0.25) is 11.8 Å². The molecule has 0 aromatic heterocycles. The van der Waals surface area contributed by atoms with Crippen molar-refractivity contribution in [3.05, 3.63) is 0 Å². The zero-order chi connectivity index (χ0) is 14.8. The second kappa shape index (κ2) is 11.8. The molecule has 0 unspecified atom stereocenters. The number of nitrogens with one attached hydrogen (secondary N) is 2. The molecule has 0 aliphatic carbocycles. The summed E-state index contributed by atoms with van der Waals surface area (Å²) < 4.78 is 0. The highest BCUT2D eigenvalue weighted by atomic mass is 35.5. The minimum absolute atomic E-state index is 0. The van der Waals surface area contributed by atoms with Gasteiger partial charge in [-0.2, -0.15) is 0 Å². The Hall–Kier alpha value is -0.810. The van der Waals surface area contributed by atoms with Gasteiger partial charge < -0.3 is 15.5 Å². The van der Waals surface area contributed by atoms with Crippen molar-refractivity contribution in [2.45, 2.75) is 58.4 Å². The van der Waals surface area contributed by atoms with Crippen LogP contribution in [0, 0.1) is 0 Å². The van der Waals surface area contributed by atoms with Crippen LogP contribution >= 0.6 is 12.4 Å². The third-order valence-corrected chi connectivity index (χ3v) is 3.67. The van der Waals surface area contributed by atoms with Crippen LogP contribution in [0.4, 0.5) is 0 Å². The van der Waals surface area contributed by atoms with Gasteiger partial charge in [0.15, 0.2) is 0 Å². The maximum absolute atomic E-state index is 12.3. The summed E-state index contributed by atoms with van der Waals surface area (Å²) >= 11 is 0. The quantitative estimate of drug-likeness (QED) is 0.716. The van der Waals surface area contributed by atoms with Crippen LogP contribution in [0.25, 0.3) is 0 Å². The Kier molecular flexibility index (Phi) is 11.4. The highest BCUT2D eigenvalue weighted by Gasteiger charge is 2.24. The van der Waals surface area contributed by atoms with E-state index in [-0.39, 0.29) is 24.2 Å². The zero-order valence-electron chi connectivity index (χ0n) is 13.3. The van der Waals surface area contributed by atoms with E-state index in [0.717, 1.165) is 45.3 Å². The predicted molar refractivity (Wildman–Crippen MR) is 87.7 cm³/mol. The Morgan fingerprint density at radius 3 is 2.38 bits per heavy atom. The normalized spacial score (nSPS) is 15.1. The maximum atomic E-state index is 12.3. The van der Waals surface area contributed by atoms with Crippen molar-refractivity contribution in [1.29, 1.82) is 0 Å². The van der Waals surface area contributed by atoms with Gasteiger partial charge in [0.25, 0.3) is 0 Å². The van der Waals surface area contributed by atoms with Crippen molar-refractivity contribution in [3.63, 3.8) is 0 Å². The summed E-state index contributed by atoms with van der Waals surface area (Å²) in [6.45, 7) is 7.57. The number of piperidine rings is 1. The van der Waals surface area contributed by atoms with Crippen LogP contribution in [-0.2, 0) is 9.59 Å². The van der Waals surface area contributed by atoms with E-state index in [2.05, 4.69) is 17.6 Å². The summed E-state index contributed by atoms with van der Waals surface area (Å²) in [5, 5.41) is 6.14. The van der Waals surface area contributed by atoms with Crippen LogP contribution in [0.1, 0.15) is 52.4 Å². The van der Waals surface area contributed by atoms with Crippen LogP contribution in [0.2, 0.25) is 0 Å². The molecule has 0 radical (unpaired) electrons. The van der Waals surface area contributed by atoms with Gasteiger partial charge in [0.1, 0.15) is 0 Å². The summed E-state index contributed by atoms with van der Waals surface area (Å²) in [4.78, 5) is 25.9. The molecule has 1 aliphatic rings.